The van der Waals surface area contributed by atoms with Gasteiger partial charge < -0.3 is 0 Å². The van der Waals surface area contributed by atoms with Gasteiger partial charge in [-0.2, -0.15) is 0 Å². The molecule has 2 rings (SSSR count). The van der Waals surface area contributed by atoms with Crippen molar-refractivity contribution < 1.29 is 4.21 Å². The van der Waals surface area contributed by atoms with Gasteiger partial charge in [-0.25, -0.2) is 0 Å². The second-order valence-electron chi connectivity index (χ2n) is 4.01. The van der Waals surface area contributed by atoms with E-state index in [4.69, 9.17) is 0 Å². The molecule has 0 saturated heterocycles. The third kappa shape index (κ3) is 2.80. The van der Waals surface area contributed by atoms with Crippen LogP contribution in [0.2, 0.25) is 0 Å². The number of aromatic nitrogens is 1. The summed E-state index contributed by atoms with van der Waals surface area (Å²) in [6.07, 6.45) is 1.73. The lowest BCUT2D eigenvalue weighted by Crippen LogP contribution is -2.04. The molecule has 17 heavy (non-hydrogen) atoms. The minimum atomic E-state index is -1.05. The number of aryl methyl sites for hydroxylation is 1. The summed E-state index contributed by atoms with van der Waals surface area (Å²) in [7, 11) is -1.05. The second-order valence-corrected chi connectivity index (χ2v) is 5.78. The van der Waals surface area contributed by atoms with E-state index in [1.807, 2.05) is 56.3 Å². The first-order valence-corrected chi connectivity index (χ1v) is 6.78. The Morgan fingerprint density at radius 1 is 1.12 bits per heavy atom. The number of nitrogens with zero attached hydrogens (tertiary/aromatic N) is 1. The first-order valence-electron chi connectivity index (χ1n) is 5.56. The van der Waals surface area contributed by atoms with Gasteiger partial charge in [-0.05, 0) is 38.1 Å². The molecular weight excluding hydrogens is 230 g/mol. The molecule has 0 amide bonds. The quantitative estimate of drug-likeness (QED) is 0.830. The molecule has 0 aliphatic carbocycles. The molecule has 0 spiro atoms. The molecule has 0 aliphatic heterocycles. The molecule has 0 bridgehead atoms. The van der Waals surface area contributed by atoms with Gasteiger partial charge >= 0.3 is 0 Å². The zero-order valence-corrected chi connectivity index (χ0v) is 10.8. The summed E-state index contributed by atoms with van der Waals surface area (Å²) in [6.45, 7) is 3.97. The molecule has 2 aromatic rings. The van der Waals surface area contributed by atoms with Crippen LogP contribution in [0, 0.1) is 6.92 Å². The van der Waals surface area contributed by atoms with Crippen LogP contribution in [0.25, 0.3) is 0 Å². The van der Waals surface area contributed by atoms with E-state index in [0.717, 1.165) is 10.6 Å². The molecule has 0 N–H and O–H groups in total. The van der Waals surface area contributed by atoms with Crippen LogP contribution in [0.4, 0.5) is 0 Å². The fourth-order valence-electron chi connectivity index (χ4n) is 1.60. The number of benzene rings is 1. The van der Waals surface area contributed by atoms with E-state index in [1.54, 1.807) is 6.20 Å². The highest BCUT2D eigenvalue weighted by Crippen LogP contribution is 2.23. The topological polar surface area (TPSA) is 30.0 Å². The summed E-state index contributed by atoms with van der Waals surface area (Å²) in [5, 5.41) is -0.0843. The average Bonchev–Trinajstić information content (AvgIpc) is 2.39. The molecule has 1 aromatic heterocycles. The molecular formula is C14H15NOS. The van der Waals surface area contributed by atoms with Crippen molar-refractivity contribution in [2.24, 2.45) is 0 Å². The molecule has 0 saturated carbocycles. The highest BCUT2D eigenvalue weighted by molar-refractivity contribution is 7.85. The van der Waals surface area contributed by atoms with Crippen molar-refractivity contribution in [1.29, 1.82) is 0 Å². The lowest BCUT2D eigenvalue weighted by atomic mass is 10.2. The molecule has 2 atom stereocenters. The van der Waals surface area contributed by atoms with Gasteiger partial charge in [-0.15, -0.1) is 0 Å². The van der Waals surface area contributed by atoms with Gasteiger partial charge in [0.25, 0.3) is 0 Å². The van der Waals surface area contributed by atoms with Gasteiger partial charge in [-0.3, -0.25) is 9.19 Å². The van der Waals surface area contributed by atoms with Crippen molar-refractivity contribution in [3.63, 3.8) is 0 Å². The van der Waals surface area contributed by atoms with E-state index in [1.165, 1.54) is 5.56 Å². The molecule has 0 radical (unpaired) electrons. The molecule has 3 heteroatoms. The van der Waals surface area contributed by atoms with Crippen LogP contribution >= 0.6 is 0 Å². The van der Waals surface area contributed by atoms with Crippen LogP contribution in [-0.4, -0.2) is 9.19 Å². The number of pyridine rings is 1. The summed E-state index contributed by atoms with van der Waals surface area (Å²) < 4.78 is 12.3. The SMILES string of the molecule is Cc1ccc(S(=O)[C@@H](C)c2ccccn2)cc1. The summed E-state index contributed by atoms with van der Waals surface area (Å²) >= 11 is 0. The predicted molar refractivity (Wildman–Crippen MR) is 70.2 cm³/mol. The first-order chi connectivity index (χ1) is 8.18. The average molecular weight is 245 g/mol. The second kappa shape index (κ2) is 5.23. The Morgan fingerprint density at radius 2 is 1.82 bits per heavy atom. The maximum atomic E-state index is 12.3. The van der Waals surface area contributed by atoms with Crippen LogP contribution in [0.1, 0.15) is 23.4 Å². The van der Waals surface area contributed by atoms with E-state index >= 15 is 0 Å². The van der Waals surface area contributed by atoms with Crippen LogP contribution < -0.4 is 0 Å². The minimum absolute atomic E-state index is 0.0843. The monoisotopic (exact) mass is 245 g/mol. The van der Waals surface area contributed by atoms with Crippen molar-refractivity contribution in [1.82, 2.24) is 4.98 Å². The lowest BCUT2D eigenvalue weighted by molar-refractivity contribution is 0.674. The summed E-state index contributed by atoms with van der Waals surface area (Å²) in [6, 6.07) is 13.5. The van der Waals surface area contributed by atoms with Gasteiger partial charge in [0.1, 0.15) is 0 Å². The Morgan fingerprint density at radius 3 is 2.41 bits per heavy atom. The van der Waals surface area contributed by atoms with Gasteiger partial charge in [0, 0.05) is 11.1 Å². The fraction of sp³-hybridized carbons (Fsp3) is 0.214. The summed E-state index contributed by atoms with van der Waals surface area (Å²) in [4.78, 5) is 5.11. The van der Waals surface area contributed by atoms with Crippen molar-refractivity contribution in [2.75, 3.05) is 0 Å². The molecule has 88 valence electrons. The van der Waals surface area contributed by atoms with Gasteiger partial charge in [0.15, 0.2) is 0 Å². The minimum Gasteiger partial charge on any atom is -0.260 e. The van der Waals surface area contributed by atoms with Crippen LogP contribution in [-0.2, 0) is 10.8 Å². The first kappa shape index (κ1) is 12.0. The number of rotatable bonds is 3. The Kier molecular flexibility index (Phi) is 3.69. The van der Waals surface area contributed by atoms with Crippen molar-refractivity contribution >= 4 is 10.8 Å². The van der Waals surface area contributed by atoms with E-state index < -0.39 is 10.8 Å². The van der Waals surface area contributed by atoms with Crippen LogP contribution in [0.15, 0.2) is 53.6 Å². The molecule has 0 aliphatic rings. The Hall–Kier alpha value is -1.48. The zero-order chi connectivity index (χ0) is 12.3. The van der Waals surface area contributed by atoms with Gasteiger partial charge in [0.05, 0.1) is 21.7 Å². The van der Waals surface area contributed by atoms with E-state index in [9.17, 15) is 4.21 Å². The highest BCUT2D eigenvalue weighted by atomic mass is 32.2. The van der Waals surface area contributed by atoms with Crippen LogP contribution in [0.5, 0.6) is 0 Å². The molecule has 0 fully saturated rings. The Labute approximate surface area is 104 Å². The standard InChI is InChI=1S/C14H15NOS/c1-11-6-8-13(9-7-11)17(16)12(2)14-5-3-4-10-15-14/h3-10,12H,1-2H3/t12-,17?/m0/s1. The van der Waals surface area contributed by atoms with E-state index in [0.29, 0.717) is 0 Å². The number of hydrogen-bond acceptors (Lipinski definition) is 2. The molecule has 1 heterocycles. The van der Waals surface area contributed by atoms with Gasteiger partial charge in [-0.1, -0.05) is 23.8 Å². The molecule has 1 aromatic carbocycles. The molecule has 1 unspecified atom stereocenters. The normalized spacial score (nSPS) is 14.2. The van der Waals surface area contributed by atoms with E-state index in [2.05, 4.69) is 4.98 Å². The largest absolute Gasteiger partial charge is 0.260 e. The highest BCUT2D eigenvalue weighted by Gasteiger charge is 2.16. The van der Waals surface area contributed by atoms with E-state index in [-0.39, 0.29) is 5.25 Å². The van der Waals surface area contributed by atoms with Crippen molar-refractivity contribution in [2.45, 2.75) is 24.0 Å². The molecule has 2 nitrogen and oxygen atoms in total. The maximum Gasteiger partial charge on any atom is 0.0788 e. The summed E-state index contributed by atoms with van der Waals surface area (Å²) in [5.41, 5.74) is 2.04. The van der Waals surface area contributed by atoms with Gasteiger partial charge in [0.2, 0.25) is 0 Å². The third-order valence-electron chi connectivity index (χ3n) is 2.68. The number of hydrogen-bond donors (Lipinski definition) is 0. The zero-order valence-electron chi connectivity index (χ0n) is 9.96. The van der Waals surface area contributed by atoms with Crippen LogP contribution in [0.3, 0.4) is 0 Å². The lowest BCUT2D eigenvalue weighted by Gasteiger charge is -2.10. The third-order valence-corrected chi connectivity index (χ3v) is 4.30. The fourth-order valence-corrected chi connectivity index (χ4v) is 2.77. The van der Waals surface area contributed by atoms with Crippen molar-refractivity contribution in [3.05, 3.63) is 59.9 Å². The van der Waals surface area contributed by atoms with Crippen molar-refractivity contribution in [3.8, 4) is 0 Å². The Balaban J connectivity index is 2.23. The summed E-state index contributed by atoms with van der Waals surface area (Å²) in [5.74, 6) is 0. The Bertz CT molecular complexity index is 508. The maximum absolute atomic E-state index is 12.3. The predicted octanol–water partition coefficient (Wildman–Crippen LogP) is 3.26. The smallest absolute Gasteiger partial charge is 0.0788 e.